The maximum atomic E-state index is 9.83. The van der Waals surface area contributed by atoms with Crippen LogP contribution in [0.4, 0.5) is 5.69 Å². The monoisotopic (exact) mass is 409 g/mol. The Hall–Kier alpha value is -1.000. The number of aromatic hydroxyl groups is 1. The van der Waals surface area contributed by atoms with Crippen molar-refractivity contribution in [3.8, 4) is 5.75 Å². The van der Waals surface area contributed by atoms with Crippen LogP contribution in [0.5, 0.6) is 5.75 Å². The van der Waals surface area contributed by atoms with E-state index in [-0.39, 0.29) is 5.75 Å². The SMILES string of the molecule is CC1Cc2ccccc2N(Cc2cc(Br)c(O)c(Br)c2)C1. The van der Waals surface area contributed by atoms with Gasteiger partial charge < -0.3 is 10.0 Å². The smallest absolute Gasteiger partial charge is 0.143 e. The predicted octanol–water partition coefficient (Wildman–Crippen LogP) is 5.12. The molecule has 1 atom stereocenters. The molecule has 0 radical (unpaired) electrons. The van der Waals surface area contributed by atoms with Gasteiger partial charge in [0.25, 0.3) is 0 Å². The van der Waals surface area contributed by atoms with Crippen molar-refractivity contribution in [2.45, 2.75) is 19.9 Å². The summed E-state index contributed by atoms with van der Waals surface area (Å²) in [4.78, 5) is 2.43. The lowest BCUT2D eigenvalue weighted by atomic mass is 9.93. The zero-order chi connectivity index (χ0) is 15.0. The van der Waals surface area contributed by atoms with Gasteiger partial charge in [-0.2, -0.15) is 0 Å². The van der Waals surface area contributed by atoms with E-state index >= 15 is 0 Å². The van der Waals surface area contributed by atoms with E-state index in [1.165, 1.54) is 16.8 Å². The Morgan fingerprint density at radius 3 is 2.57 bits per heavy atom. The second kappa shape index (κ2) is 6.01. The Morgan fingerprint density at radius 2 is 1.86 bits per heavy atom. The van der Waals surface area contributed by atoms with Crippen LogP contribution in [0, 0.1) is 5.92 Å². The molecule has 21 heavy (non-hydrogen) atoms. The highest BCUT2D eigenvalue weighted by Crippen LogP contribution is 2.35. The van der Waals surface area contributed by atoms with Gasteiger partial charge in [-0.25, -0.2) is 0 Å². The van der Waals surface area contributed by atoms with Crippen LogP contribution >= 0.6 is 31.9 Å². The molecule has 3 rings (SSSR count). The normalized spacial score (nSPS) is 17.7. The van der Waals surface area contributed by atoms with Crippen LogP contribution in [-0.2, 0) is 13.0 Å². The molecular weight excluding hydrogens is 394 g/mol. The Balaban J connectivity index is 1.92. The fraction of sp³-hybridized carbons (Fsp3) is 0.294. The van der Waals surface area contributed by atoms with Gasteiger partial charge in [-0.05, 0) is 73.5 Å². The molecule has 0 spiro atoms. The third-order valence-electron chi connectivity index (χ3n) is 3.88. The van der Waals surface area contributed by atoms with E-state index < -0.39 is 0 Å². The van der Waals surface area contributed by atoms with Crippen molar-refractivity contribution in [2.24, 2.45) is 5.92 Å². The Bertz CT molecular complexity index is 649. The van der Waals surface area contributed by atoms with E-state index in [0.717, 1.165) is 28.5 Å². The van der Waals surface area contributed by atoms with Crippen molar-refractivity contribution in [1.82, 2.24) is 0 Å². The summed E-state index contributed by atoms with van der Waals surface area (Å²) in [6.07, 6.45) is 1.15. The van der Waals surface area contributed by atoms with Gasteiger partial charge in [0.05, 0.1) is 8.95 Å². The van der Waals surface area contributed by atoms with Gasteiger partial charge in [0.2, 0.25) is 0 Å². The summed E-state index contributed by atoms with van der Waals surface area (Å²) in [6.45, 7) is 4.21. The number of hydrogen-bond acceptors (Lipinski definition) is 2. The molecule has 0 bridgehead atoms. The fourth-order valence-corrected chi connectivity index (χ4v) is 4.27. The van der Waals surface area contributed by atoms with Gasteiger partial charge >= 0.3 is 0 Å². The van der Waals surface area contributed by atoms with Crippen molar-refractivity contribution in [1.29, 1.82) is 0 Å². The minimum Gasteiger partial charge on any atom is -0.506 e. The number of fused-ring (bicyclic) bond motifs is 1. The van der Waals surface area contributed by atoms with Crippen molar-refractivity contribution < 1.29 is 5.11 Å². The van der Waals surface area contributed by atoms with Gasteiger partial charge in [-0.1, -0.05) is 25.1 Å². The lowest BCUT2D eigenvalue weighted by Gasteiger charge is -2.35. The number of para-hydroxylation sites is 1. The van der Waals surface area contributed by atoms with E-state index in [1.807, 2.05) is 12.1 Å². The zero-order valence-electron chi connectivity index (χ0n) is 11.8. The number of hydrogen-bond donors (Lipinski definition) is 1. The standard InChI is InChI=1S/C17H17Br2NO/c1-11-6-13-4-2-3-5-16(13)20(9-11)10-12-7-14(18)17(21)15(19)8-12/h2-5,7-8,11,21H,6,9-10H2,1H3. The molecule has 1 unspecified atom stereocenters. The van der Waals surface area contributed by atoms with Crippen LogP contribution in [0.2, 0.25) is 0 Å². The summed E-state index contributed by atoms with van der Waals surface area (Å²) >= 11 is 6.81. The molecular formula is C17H17Br2NO. The molecule has 2 aromatic rings. The van der Waals surface area contributed by atoms with Crippen molar-refractivity contribution in [3.05, 3.63) is 56.5 Å². The molecule has 4 heteroatoms. The molecule has 1 heterocycles. The predicted molar refractivity (Wildman–Crippen MR) is 93.9 cm³/mol. The molecule has 2 nitrogen and oxygen atoms in total. The van der Waals surface area contributed by atoms with E-state index in [9.17, 15) is 5.11 Å². The van der Waals surface area contributed by atoms with Crippen LogP contribution in [0.3, 0.4) is 0 Å². The van der Waals surface area contributed by atoms with Gasteiger partial charge in [0, 0.05) is 18.8 Å². The largest absolute Gasteiger partial charge is 0.506 e. The summed E-state index contributed by atoms with van der Waals surface area (Å²) in [5.74, 6) is 0.912. The van der Waals surface area contributed by atoms with E-state index in [4.69, 9.17) is 0 Å². The first-order valence-electron chi connectivity index (χ1n) is 7.04. The topological polar surface area (TPSA) is 23.5 Å². The molecule has 1 aliphatic heterocycles. The highest BCUT2D eigenvalue weighted by atomic mass is 79.9. The Kier molecular flexibility index (Phi) is 4.27. The number of anilines is 1. The highest BCUT2D eigenvalue weighted by molar-refractivity contribution is 9.11. The summed E-state index contributed by atoms with van der Waals surface area (Å²) in [5.41, 5.74) is 3.93. The van der Waals surface area contributed by atoms with Crippen LogP contribution < -0.4 is 4.90 Å². The highest BCUT2D eigenvalue weighted by Gasteiger charge is 2.21. The van der Waals surface area contributed by atoms with Crippen LogP contribution in [0.25, 0.3) is 0 Å². The summed E-state index contributed by atoms with van der Waals surface area (Å²) < 4.78 is 1.45. The summed E-state index contributed by atoms with van der Waals surface area (Å²) in [7, 11) is 0. The molecule has 0 aliphatic carbocycles. The Morgan fingerprint density at radius 1 is 1.19 bits per heavy atom. The number of halogens is 2. The van der Waals surface area contributed by atoms with Crippen molar-refractivity contribution >= 4 is 37.5 Å². The van der Waals surface area contributed by atoms with Gasteiger partial charge in [0.1, 0.15) is 5.75 Å². The van der Waals surface area contributed by atoms with E-state index in [1.54, 1.807) is 0 Å². The molecule has 1 N–H and O–H groups in total. The molecule has 0 saturated heterocycles. The van der Waals surface area contributed by atoms with Gasteiger partial charge in [-0.3, -0.25) is 0 Å². The maximum Gasteiger partial charge on any atom is 0.143 e. The minimum absolute atomic E-state index is 0.256. The minimum atomic E-state index is 0.256. The number of rotatable bonds is 2. The lowest BCUT2D eigenvalue weighted by molar-refractivity contribution is 0.468. The number of phenolic OH excluding ortho intramolecular Hbond substituents is 1. The molecule has 110 valence electrons. The van der Waals surface area contributed by atoms with Crippen LogP contribution in [-0.4, -0.2) is 11.7 Å². The molecule has 0 fully saturated rings. The zero-order valence-corrected chi connectivity index (χ0v) is 15.0. The summed E-state index contributed by atoms with van der Waals surface area (Å²) in [5, 5.41) is 9.83. The summed E-state index contributed by atoms with van der Waals surface area (Å²) in [6, 6.07) is 12.6. The number of phenols is 1. The average Bonchev–Trinajstić information content (AvgIpc) is 2.44. The van der Waals surface area contributed by atoms with E-state index in [0.29, 0.717) is 5.92 Å². The molecule has 0 saturated carbocycles. The first kappa shape index (κ1) is 14.9. The molecule has 0 aromatic heterocycles. The average molecular weight is 411 g/mol. The van der Waals surface area contributed by atoms with Gasteiger partial charge in [0.15, 0.2) is 0 Å². The van der Waals surface area contributed by atoms with Crippen molar-refractivity contribution in [3.63, 3.8) is 0 Å². The van der Waals surface area contributed by atoms with E-state index in [2.05, 4.69) is 67.9 Å². The number of nitrogens with zero attached hydrogens (tertiary/aromatic N) is 1. The second-order valence-corrected chi connectivity index (χ2v) is 7.44. The van der Waals surface area contributed by atoms with Crippen LogP contribution in [0.1, 0.15) is 18.1 Å². The third kappa shape index (κ3) is 3.11. The molecule has 1 aliphatic rings. The van der Waals surface area contributed by atoms with Crippen molar-refractivity contribution in [2.75, 3.05) is 11.4 Å². The third-order valence-corrected chi connectivity index (χ3v) is 5.09. The van der Waals surface area contributed by atoms with Gasteiger partial charge in [-0.15, -0.1) is 0 Å². The Labute approximate surface area is 142 Å². The quantitative estimate of drug-likeness (QED) is 0.742. The lowest BCUT2D eigenvalue weighted by Crippen LogP contribution is -2.33. The second-order valence-electron chi connectivity index (χ2n) is 5.73. The number of benzene rings is 2. The molecule has 0 amide bonds. The first-order valence-corrected chi connectivity index (χ1v) is 8.63. The maximum absolute atomic E-state index is 9.83. The fourth-order valence-electron chi connectivity index (χ4n) is 2.99. The molecule has 2 aromatic carbocycles. The first-order chi connectivity index (χ1) is 10.0. The van der Waals surface area contributed by atoms with Crippen LogP contribution in [0.15, 0.2) is 45.3 Å².